The Bertz CT molecular complexity index is 982. The molecule has 1 unspecified atom stereocenters. The van der Waals surface area contributed by atoms with Crippen LogP contribution in [0.2, 0.25) is 0 Å². The summed E-state index contributed by atoms with van der Waals surface area (Å²) in [7, 11) is 1.95. The molecular formula is C21H29N9O. The Morgan fingerprint density at radius 2 is 2.29 bits per heavy atom. The molecule has 10 nitrogen and oxygen atoms in total. The zero-order chi connectivity index (χ0) is 21.5. The predicted molar refractivity (Wildman–Crippen MR) is 119 cm³/mol. The molecule has 0 radical (unpaired) electrons. The summed E-state index contributed by atoms with van der Waals surface area (Å²) in [6.07, 6.45) is 8.53. The molecule has 4 rings (SSSR count). The second-order valence-electron chi connectivity index (χ2n) is 7.54. The van der Waals surface area contributed by atoms with Gasteiger partial charge < -0.3 is 20.1 Å². The number of aliphatic imine (C=N–C) groups is 1. The van der Waals surface area contributed by atoms with E-state index in [1.165, 1.54) is 0 Å². The van der Waals surface area contributed by atoms with Crippen molar-refractivity contribution < 1.29 is 4.52 Å². The van der Waals surface area contributed by atoms with Crippen molar-refractivity contribution in [1.82, 2.24) is 35.5 Å². The van der Waals surface area contributed by atoms with Crippen LogP contribution in [0.1, 0.15) is 25.6 Å². The topological polar surface area (TPSA) is 109 Å². The van der Waals surface area contributed by atoms with Crippen LogP contribution in [0.4, 0.5) is 5.69 Å². The normalized spacial score (nSPS) is 17.0. The molecule has 4 heterocycles. The summed E-state index contributed by atoms with van der Waals surface area (Å²) < 4.78 is 7.16. The molecule has 3 aromatic rings. The molecule has 1 fully saturated rings. The van der Waals surface area contributed by atoms with E-state index in [1.807, 2.05) is 36.1 Å². The van der Waals surface area contributed by atoms with E-state index in [0.29, 0.717) is 36.4 Å². The molecule has 3 aromatic heterocycles. The van der Waals surface area contributed by atoms with Gasteiger partial charge in [0.25, 0.3) is 5.89 Å². The molecular weight excluding hydrogens is 394 g/mol. The van der Waals surface area contributed by atoms with Crippen LogP contribution >= 0.6 is 0 Å². The largest absolute Gasteiger partial charge is 0.367 e. The fraction of sp³-hybridized carbons (Fsp3) is 0.476. The Morgan fingerprint density at radius 1 is 1.35 bits per heavy atom. The highest BCUT2D eigenvalue weighted by Crippen LogP contribution is 2.19. The molecule has 2 N–H and O–H groups in total. The molecule has 1 aliphatic heterocycles. The van der Waals surface area contributed by atoms with Crippen LogP contribution < -0.4 is 15.5 Å². The van der Waals surface area contributed by atoms with Gasteiger partial charge in [-0.1, -0.05) is 11.2 Å². The molecule has 0 saturated carbocycles. The van der Waals surface area contributed by atoms with Gasteiger partial charge in [-0.05, 0) is 31.9 Å². The number of rotatable bonds is 7. The first-order chi connectivity index (χ1) is 15.2. The lowest BCUT2D eigenvalue weighted by Crippen LogP contribution is -2.51. The van der Waals surface area contributed by atoms with E-state index in [1.54, 1.807) is 6.20 Å². The molecule has 0 amide bonds. The van der Waals surface area contributed by atoms with Crippen LogP contribution in [0.3, 0.4) is 0 Å². The average Bonchev–Trinajstić information content (AvgIpc) is 3.44. The smallest absolute Gasteiger partial charge is 0.276 e. The van der Waals surface area contributed by atoms with Gasteiger partial charge in [0.2, 0.25) is 0 Å². The summed E-state index contributed by atoms with van der Waals surface area (Å²) in [6.45, 7) is 5.41. The van der Waals surface area contributed by atoms with Gasteiger partial charge in [-0.15, -0.1) is 0 Å². The summed E-state index contributed by atoms with van der Waals surface area (Å²) in [5.74, 6) is 1.87. The third-order valence-corrected chi connectivity index (χ3v) is 5.12. The summed E-state index contributed by atoms with van der Waals surface area (Å²) in [6, 6.07) is 5.92. The number of hydrogen-bond acceptors (Lipinski definition) is 7. The van der Waals surface area contributed by atoms with Gasteiger partial charge in [-0.3, -0.25) is 14.7 Å². The minimum atomic E-state index is 0.327. The lowest BCUT2D eigenvalue weighted by Gasteiger charge is -2.34. The Labute approximate surface area is 181 Å². The molecule has 0 aromatic carbocycles. The molecule has 0 aliphatic carbocycles. The van der Waals surface area contributed by atoms with Gasteiger partial charge in [-0.2, -0.15) is 10.1 Å². The Balaban J connectivity index is 1.32. The first-order valence-electron chi connectivity index (χ1n) is 10.7. The number of aryl methyl sites for hydroxylation is 1. The highest BCUT2D eigenvalue weighted by molar-refractivity contribution is 5.80. The van der Waals surface area contributed by atoms with E-state index >= 15 is 0 Å². The van der Waals surface area contributed by atoms with E-state index in [2.05, 4.69) is 48.9 Å². The monoisotopic (exact) mass is 423 g/mol. The molecule has 164 valence electrons. The van der Waals surface area contributed by atoms with Crippen molar-refractivity contribution in [2.75, 3.05) is 31.1 Å². The summed E-state index contributed by atoms with van der Waals surface area (Å²) in [5, 5.41) is 15.3. The van der Waals surface area contributed by atoms with Crippen molar-refractivity contribution in [1.29, 1.82) is 0 Å². The minimum absolute atomic E-state index is 0.327. The number of pyridine rings is 1. The van der Waals surface area contributed by atoms with Crippen LogP contribution in [0.15, 0.2) is 46.3 Å². The number of aromatic nitrogens is 5. The summed E-state index contributed by atoms with van der Waals surface area (Å²) >= 11 is 0. The predicted octanol–water partition coefficient (Wildman–Crippen LogP) is 1.63. The maximum absolute atomic E-state index is 5.32. The number of guanidine groups is 1. The molecule has 1 aliphatic rings. The van der Waals surface area contributed by atoms with Crippen molar-refractivity contribution in [3.05, 3.63) is 42.6 Å². The van der Waals surface area contributed by atoms with E-state index in [0.717, 1.165) is 44.1 Å². The van der Waals surface area contributed by atoms with Crippen LogP contribution in [-0.4, -0.2) is 63.1 Å². The second kappa shape index (κ2) is 10.1. The van der Waals surface area contributed by atoms with Crippen molar-refractivity contribution in [3.63, 3.8) is 0 Å². The third-order valence-electron chi connectivity index (χ3n) is 5.12. The molecule has 1 atom stereocenters. The van der Waals surface area contributed by atoms with Crippen LogP contribution in [0, 0.1) is 0 Å². The van der Waals surface area contributed by atoms with Crippen molar-refractivity contribution in [3.8, 4) is 11.6 Å². The fourth-order valence-electron chi connectivity index (χ4n) is 3.63. The first-order valence-corrected chi connectivity index (χ1v) is 10.7. The highest BCUT2D eigenvalue weighted by Gasteiger charge is 2.21. The van der Waals surface area contributed by atoms with Gasteiger partial charge in [0.05, 0.1) is 11.9 Å². The third kappa shape index (κ3) is 5.59. The highest BCUT2D eigenvalue weighted by atomic mass is 16.5. The number of nitrogens with zero attached hydrogens (tertiary/aromatic N) is 7. The lowest BCUT2D eigenvalue weighted by molar-refractivity contribution is 0.421. The Kier molecular flexibility index (Phi) is 6.75. The minimum Gasteiger partial charge on any atom is -0.367 e. The molecule has 0 bridgehead atoms. The van der Waals surface area contributed by atoms with E-state index in [-0.39, 0.29) is 0 Å². The van der Waals surface area contributed by atoms with Gasteiger partial charge in [0.15, 0.2) is 11.8 Å². The average molecular weight is 424 g/mol. The van der Waals surface area contributed by atoms with E-state index < -0.39 is 0 Å². The van der Waals surface area contributed by atoms with Gasteiger partial charge in [0.1, 0.15) is 5.69 Å². The zero-order valence-corrected chi connectivity index (χ0v) is 18.0. The number of anilines is 1. The molecule has 1 saturated heterocycles. The molecule has 0 spiro atoms. The van der Waals surface area contributed by atoms with Gasteiger partial charge >= 0.3 is 0 Å². The van der Waals surface area contributed by atoms with E-state index in [4.69, 9.17) is 9.52 Å². The number of nitrogens with one attached hydrogen (secondary N) is 2. The van der Waals surface area contributed by atoms with Crippen LogP contribution in [-0.2, 0) is 13.5 Å². The van der Waals surface area contributed by atoms with Crippen LogP contribution in [0.25, 0.3) is 11.6 Å². The Hall–Kier alpha value is -3.43. The lowest BCUT2D eigenvalue weighted by atomic mass is 10.1. The van der Waals surface area contributed by atoms with Crippen molar-refractivity contribution >= 4 is 11.6 Å². The van der Waals surface area contributed by atoms with Crippen LogP contribution in [0.5, 0.6) is 0 Å². The standard InChI is InChI=1S/C21H29N9O/c1-3-22-21(26-16-7-6-12-30(14-16)17-13-25-29(2)15-17)24-11-9-19-27-20(31-28-19)18-8-4-5-10-23-18/h4-5,8,10,13,15-16H,3,6-7,9,11-12,14H2,1-2H3,(H2,22,24,26). The first kappa shape index (κ1) is 20.8. The molecule has 31 heavy (non-hydrogen) atoms. The van der Waals surface area contributed by atoms with Gasteiger partial charge in [0, 0.05) is 58.1 Å². The fourth-order valence-corrected chi connectivity index (χ4v) is 3.63. The second-order valence-corrected chi connectivity index (χ2v) is 7.54. The maximum atomic E-state index is 5.32. The van der Waals surface area contributed by atoms with Crippen molar-refractivity contribution in [2.24, 2.45) is 12.0 Å². The van der Waals surface area contributed by atoms with E-state index in [9.17, 15) is 0 Å². The van der Waals surface area contributed by atoms with Gasteiger partial charge in [-0.25, -0.2) is 0 Å². The molecule has 10 heteroatoms. The summed E-state index contributed by atoms with van der Waals surface area (Å²) in [4.78, 5) is 15.7. The number of hydrogen-bond donors (Lipinski definition) is 2. The zero-order valence-electron chi connectivity index (χ0n) is 18.0. The van der Waals surface area contributed by atoms with Crippen molar-refractivity contribution in [2.45, 2.75) is 32.2 Å². The SMILES string of the molecule is CCNC(=NCCc1noc(-c2ccccn2)n1)NC1CCCN(c2cnn(C)c2)C1. The summed E-state index contributed by atoms with van der Waals surface area (Å²) in [5.41, 5.74) is 1.84. The maximum Gasteiger partial charge on any atom is 0.276 e. The number of piperidine rings is 1. The quantitative estimate of drug-likeness (QED) is 0.436. The Morgan fingerprint density at radius 3 is 3.06 bits per heavy atom.